The molecule has 1 fully saturated rings. The molecule has 0 saturated carbocycles. The first-order chi connectivity index (χ1) is 16.0. The van der Waals surface area contributed by atoms with Gasteiger partial charge >= 0.3 is 0 Å². The van der Waals surface area contributed by atoms with E-state index in [0.29, 0.717) is 50.6 Å². The number of benzene rings is 2. The summed E-state index contributed by atoms with van der Waals surface area (Å²) in [4.78, 5) is 15.2. The van der Waals surface area contributed by atoms with E-state index < -0.39 is 16.1 Å². The van der Waals surface area contributed by atoms with Crippen molar-refractivity contribution in [1.82, 2.24) is 9.62 Å². The summed E-state index contributed by atoms with van der Waals surface area (Å²) >= 11 is 0. The molecule has 0 spiro atoms. The largest absolute Gasteiger partial charge is 0.486 e. The highest BCUT2D eigenvalue weighted by atomic mass is 32.2. The monoisotopic (exact) mass is 473 g/mol. The maximum atomic E-state index is 13.3. The van der Waals surface area contributed by atoms with Crippen molar-refractivity contribution in [3.8, 4) is 11.5 Å². The molecule has 1 atom stereocenters. The number of fused-ring (bicyclic) bond motifs is 1. The van der Waals surface area contributed by atoms with E-state index in [2.05, 4.69) is 29.3 Å². The molecule has 2 heterocycles. The van der Waals surface area contributed by atoms with Crippen molar-refractivity contribution in [2.75, 3.05) is 44.3 Å². The van der Waals surface area contributed by atoms with Gasteiger partial charge in [-0.25, -0.2) is 8.42 Å². The molecule has 1 saturated heterocycles. The number of amides is 1. The molecule has 1 N–H and O–H groups in total. The molecule has 2 aromatic carbocycles. The Morgan fingerprint density at radius 3 is 2.64 bits per heavy atom. The maximum absolute atomic E-state index is 13.3. The standard InChI is InChI=1S/C24H31N3O5S/c1-2-26(19-8-4-3-5-9-19)14-7-13-25-24(28)21-10-6-15-27(21)33(29,30)20-11-12-22-23(18-20)32-17-16-31-22/h3-5,8-9,11-12,18,21H,2,6-7,10,13-17H2,1H3,(H,25,28). The third-order valence-electron chi connectivity index (χ3n) is 6.03. The minimum Gasteiger partial charge on any atom is -0.486 e. The van der Waals surface area contributed by atoms with Gasteiger partial charge in [0, 0.05) is 37.9 Å². The van der Waals surface area contributed by atoms with Crippen LogP contribution in [0, 0.1) is 0 Å². The summed E-state index contributed by atoms with van der Waals surface area (Å²) in [5.41, 5.74) is 1.15. The van der Waals surface area contributed by atoms with Gasteiger partial charge in [0.15, 0.2) is 11.5 Å². The number of hydrogen-bond acceptors (Lipinski definition) is 6. The van der Waals surface area contributed by atoms with E-state index >= 15 is 0 Å². The van der Waals surface area contributed by atoms with Crippen LogP contribution in [0.25, 0.3) is 0 Å². The van der Waals surface area contributed by atoms with Crippen molar-refractivity contribution in [2.24, 2.45) is 0 Å². The molecule has 0 aromatic heterocycles. The van der Waals surface area contributed by atoms with Crippen molar-refractivity contribution in [2.45, 2.75) is 37.1 Å². The topological polar surface area (TPSA) is 88.2 Å². The van der Waals surface area contributed by atoms with Crippen LogP contribution in [-0.2, 0) is 14.8 Å². The first-order valence-corrected chi connectivity index (χ1v) is 12.9. The Balaban J connectivity index is 1.35. The van der Waals surface area contributed by atoms with Gasteiger partial charge in [-0.3, -0.25) is 4.79 Å². The summed E-state index contributed by atoms with van der Waals surface area (Å²) in [5.74, 6) is 0.713. The Hall–Kier alpha value is -2.78. The normalized spacial score (nSPS) is 18.2. The molecule has 0 bridgehead atoms. The third kappa shape index (κ3) is 5.25. The summed E-state index contributed by atoms with van der Waals surface area (Å²) in [5, 5.41) is 2.94. The zero-order valence-corrected chi connectivity index (χ0v) is 19.7. The van der Waals surface area contributed by atoms with E-state index in [4.69, 9.17) is 9.47 Å². The number of nitrogens with one attached hydrogen (secondary N) is 1. The zero-order chi connectivity index (χ0) is 23.3. The second-order valence-corrected chi connectivity index (χ2v) is 10.0. The lowest BCUT2D eigenvalue weighted by Gasteiger charge is -2.25. The van der Waals surface area contributed by atoms with E-state index in [1.807, 2.05) is 18.2 Å². The SMILES string of the molecule is CCN(CCCNC(=O)C1CCCN1S(=O)(=O)c1ccc2c(c1)OCCO2)c1ccccc1. The molecule has 2 aliphatic rings. The van der Waals surface area contributed by atoms with Gasteiger partial charge < -0.3 is 19.7 Å². The van der Waals surface area contributed by atoms with E-state index in [9.17, 15) is 13.2 Å². The molecular weight excluding hydrogens is 442 g/mol. The van der Waals surface area contributed by atoms with Crippen LogP contribution in [0.15, 0.2) is 53.4 Å². The molecule has 9 heteroatoms. The molecule has 0 radical (unpaired) electrons. The second kappa shape index (κ2) is 10.4. The number of nitrogens with zero attached hydrogens (tertiary/aromatic N) is 2. The fourth-order valence-corrected chi connectivity index (χ4v) is 5.99. The third-order valence-corrected chi connectivity index (χ3v) is 7.94. The second-order valence-electron chi connectivity index (χ2n) is 8.14. The van der Waals surface area contributed by atoms with Crippen molar-refractivity contribution >= 4 is 21.6 Å². The van der Waals surface area contributed by atoms with Crippen LogP contribution in [-0.4, -0.2) is 64.1 Å². The van der Waals surface area contributed by atoms with Crippen LogP contribution < -0.4 is 19.7 Å². The van der Waals surface area contributed by atoms with Crippen LogP contribution in [0.1, 0.15) is 26.2 Å². The Morgan fingerprint density at radius 1 is 1.12 bits per heavy atom. The summed E-state index contributed by atoms with van der Waals surface area (Å²) in [6.45, 7) is 5.43. The summed E-state index contributed by atoms with van der Waals surface area (Å²) < 4.78 is 38.9. The first kappa shape index (κ1) is 23.4. The Morgan fingerprint density at radius 2 is 1.88 bits per heavy atom. The molecule has 4 rings (SSSR count). The molecule has 1 unspecified atom stereocenters. The Bertz CT molecular complexity index is 1060. The number of carbonyl (C=O) groups is 1. The molecular formula is C24H31N3O5S. The number of rotatable bonds is 9. The number of sulfonamides is 1. The Labute approximate surface area is 195 Å². The molecule has 2 aliphatic heterocycles. The van der Waals surface area contributed by atoms with E-state index in [1.54, 1.807) is 6.07 Å². The fourth-order valence-electron chi connectivity index (χ4n) is 4.32. The highest BCUT2D eigenvalue weighted by molar-refractivity contribution is 7.89. The average Bonchev–Trinajstić information content (AvgIpc) is 3.35. The van der Waals surface area contributed by atoms with E-state index in [-0.39, 0.29) is 10.8 Å². The lowest BCUT2D eigenvalue weighted by atomic mass is 10.2. The maximum Gasteiger partial charge on any atom is 0.243 e. The molecule has 2 aromatic rings. The van der Waals surface area contributed by atoms with Crippen LogP contribution in [0.3, 0.4) is 0 Å². The van der Waals surface area contributed by atoms with Crippen LogP contribution in [0.5, 0.6) is 11.5 Å². The number of ether oxygens (including phenoxy) is 2. The van der Waals surface area contributed by atoms with Gasteiger partial charge in [-0.15, -0.1) is 0 Å². The van der Waals surface area contributed by atoms with Gasteiger partial charge in [0.25, 0.3) is 0 Å². The van der Waals surface area contributed by atoms with Gasteiger partial charge in [-0.05, 0) is 50.5 Å². The van der Waals surface area contributed by atoms with Gasteiger partial charge in [0.05, 0.1) is 4.90 Å². The number of anilines is 1. The lowest BCUT2D eigenvalue weighted by molar-refractivity contribution is -0.124. The highest BCUT2D eigenvalue weighted by Gasteiger charge is 2.39. The van der Waals surface area contributed by atoms with Gasteiger partial charge in [0.2, 0.25) is 15.9 Å². The summed E-state index contributed by atoms with van der Waals surface area (Å²) in [6.07, 6.45) is 1.94. The number of para-hydroxylation sites is 1. The quantitative estimate of drug-likeness (QED) is 0.564. The van der Waals surface area contributed by atoms with Gasteiger partial charge in [0.1, 0.15) is 19.3 Å². The van der Waals surface area contributed by atoms with Crippen LogP contribution >= 0.6 is 0 Å². The number of hydrogen-bond donors (Lipinski definition) is 1. The first-order valence-electron chi connectivity index (χ1n) is 11.5. The fraction of sp³-hybridized carbons (Fsp3) is 0.458. The molecule has 178 valence electrons. The minimum absolute atomic E-state index is 0.118. The molecule has 1 amide bonds. The predicted molar refractivity (Wildman–Crippen MR) is 126 cm³/mol. The van der Waals surface area contributed by atoms with Crippen molar-refractivity contribution in [3.05, 3.63) is 48.5 Å². The summed E-state index contributed by atoms with van der Waals surface area (Å²) in [7, 11) is -3.82. The highest BCUT2D eigenvalue weighted by Crippen LogP contribution is 2.34. The predicted octanol–water partition coefficient (Wildman–Crippen LogP) is 2.64. The van der Waals surface area contributed by atoms with Gasteiger partial charge in [-0.1, -0.05) is 18.2 Å². The zero-order valence-electron chi connectivity index (χ0n) is 18.9. The van der Waals surface area contributed by atoms with E-state index in [1.165, 1.54) is 16.4 Å². The van der Waals surface area contributed by atoms with Gasteiger partial charge in [-0.2, -0.15) is 4.31 Å². The van der Waals surface area contributed by atoms with Crippen LogP contribution in [0.2, 0.25) is 0 Å². The van der Waals surface area contributed by atoms with Crippen LogP contribution in [0.4, 0.5) is 5.69 Å². The smallest absolute Gasteiger partial charge is 0.243 e. The minimum atomic E-state index is -3.82. The van der Waals surface area contributed by atoms with Crippen molar-refractivity contribution < 1.29 is 22.7 Å². The van der Waals surface area contributed by atoms with Crippen molar-refractivity contribution in [3.63, 3.8) is 0 Å². The molecule has 8 nitrogen and oxygen atoms in total. The molecule has 0 aliphatic carbocycles. The van der Waals surface area contributed by atoms with Crippen molar-refractivity contribution in [1.29, 1.82) is 0 Å². The average molecular weight is 474 g/mol. The Kier molecular flexibility index (Phi) is 7.39. The lowest BCUT2D eigenvalue weighted by Crippen LogP contribution is -2.46. The molecule has 33 heavy (non-hydrogen) atoms. The summed E-state index contributed by atoms with van der Waals surface area (Å²) in [6, 6.07) is 14.1. The van der Waals surface area contributed by atoms with E-state index in [0.717, 1.165) is 25.2 Å². The number of carbonyl (C=O) groups excluding carboxylic acids is 1.